The number of hydrogen-bond acceptors (Lipinski definition) is 4. The van der Waals surface area contributed by atoms with Gasteiger partial charge in [0.1, 0.15) is 0 Å². The SMILES string of the molecule is NC(=O)c1cnc2cnnn2c1. The molecule has 0 aliphatic rings. The van der Waals surface area contributed by atoms with E-state index < -0.39 is 5.91 Å². The standard InChI is InChI=1S/C6H5N5O/c7-6(12)4-1-8-5-2-9-10-11(5)3-4/h1-3H,(H2,7,12). The quantitative estimate of drug-likeness (QED) is 0.597. The van der Waals surface area contributed by atoms with E-state index in [9.17, 15) is 4.79 Å². The van der Waals surface area contributed by atoms with Crippen LogP contribution in [0.5, 0.6) is 0 Å². The number of amides is 1. The average Bonchev–Trinajstić information content (AvgIpc) is 2.49. The third-order valence-corrected chi connectivity index (χ3v) is 1.44. The van der Waals surface area contributed by atoms with Crippen LogP contribution in [0.4, 0.5) is 0 Å². The van der Waals surface area contributed by atoms with Crippen LogP contribution in [0.15, 0.2) is 18.6 Å². The van der Waals surface area contributed by atoms with Crippen LogP contribution in [0, 0.1) is 0 Å². The number of carbonyl (C=O) groups is 1. The summed E-state index contributed by atoms with van der Waals surface area (Å²) in [7, 11) is 0. The van der Waals surface area contributed by atoms with Gasteiger partial charge in [0, 0.05) is 12.4 Å². The molecule has 0 aromatic carbocycles. The summed E-state index contributed by atoms with van der Waals surface area (Å²) in [5.41, 5.74) is 5.93. The molecule has 0 spiro atoms. The number of rotatable bonds is 1. The van der Waals surface area contributed by atoms with Crippen LogP contribution < -0.4 is 5.73 Å². The Kier molecular flexibility index (Phi) is 1.26. The van der Waals surface area contributed by atoms with Gasteiger partial charge in [-0.1, -0.05) is 5.21 Å². The molecule has 12 heavy (non-hydrogen) atoms. The van der Waals surface area contributed by atoms with Gasteiger partial charge in [-0.05, 0) is 0 Å². The normalized spacial score (nSPS) is 10.3. The molecule has 0 aliphatic carbocycles. The first-order chi connectivity index (χ1) is 5.77. The summed E-state index contributed by atoms with van der Waals surface area (Å²) in [4.78, 5) is 14.6. The van der Waals surface area contributed by atoms with Gasteiger partial charge in [0.05, 0.1) is 11.8 Å². The van der Waals surface area contributed by atoms with Crippen LogP contribution in [-0.2, 0) is 0 Å². The molecule has 0 saturated heterocycles. The Morgan fingerprint density at radius 3 is 3.08 bits per heavy atom. The molecule has 0 atom stereocenters. The Morgan fingerprint density at radius 2 is 2.33 bits per heavy atom. The molecular formula is C6H5N5O. The van der Waals surface area contributed by atoms with Crippen molar-refractivity contribution in [1.82, 2.24) is 19.8 Å². The van der Waals surface area contributed by atoms with E-state index in [0.717, 1.165) is 0 Å². The fourth-order valence-corrected chi connectivity index (χ4v) is 0.851. The van der Waals surface area contributed by atoms with E-state index in [4.69, 9.17) is 5.73 Å². The van der Waals surface area contributed by atoms with Gasteiger partial charge in [-0.15, -0.1) is 5.10 Å². The third-order valence-electron chi connectivity index (χ3n) is 1.44. The van der Waals surface area contributed by atoms with Crippen LogP contribution in [-0.4, -0.2) is 25.7 Å². The van der Waals surface area contributed by atoms with Gasteiger partial charge in [0.15, 0.2) is 5.65 Å². The number of aromatic nitrogens is 4. The number of fused-ring (bicyclic) bond motifs is 1. The van der Waals surface area contributed by atoms with E-state index in [1.807, 2.05) is 0 Å². The van der Waals surface area contributed by atoms with Gasteiger partial charge in [0.2, 0.25) is 0 Å². The molecule has 2 heterocycles. The topological polar surface area (TPSA) is 86.2 Å². The van der Waals surface area contributed by atoms with Crippen molar-refractivity contribution in [2.75, 3.05) is 0 Å². The van der Waals surface area contributed by atoms with Crippen molar-refractivity contribution in [3.8, 4) is 0 Å². The molecule has 60 valence electrons. The highest BCUT2D eigenvalue weighted by atomic mass is 16.1. The summed E-state index contributed by atoms with van der Waals surface area (Å²) in [5, 5.41) is 7.26. The Hall–Kier alpha value is -1.98. The highest BCUT2D eigenvalue weighted by Gasteiger charge is 2.02. The zero-order valence-corrected chi connectivity index (χ0v) is 6.01. The second-order valence-corrected chi connectivity index (χ2v) is 2.24. The van der Waals surface area contributed by atoms with Gasteiger partial charge in [-0.2, -0.15) is 0 Å². The van der Waals surface area contributed by atoms with E-state index in [1.54, 1.807) is 0 Å². The lowest BCUT2D eigenvalue weighted by Crippen LogP contribution is -2.12. The third kappa shape index (κ3) is 0.895. The molecule has 0 saturated carbocycles. The first-order valence-corrected chi connectivity index (χ1v) is 3.23. The molecule has 6 heteroatoms. The Bertz CT molecular complexity index is 434. The lowest BCUT2D eigenvalue weighted by atomic mass is 10.3. The molecule has 0 fully saturated rings. The summed E-state index contributed by atoms with van der Waals surface area (Å²) in [6.07, 6.45) is 4.36. The van der Waals surface area contributed by atoms with Crippen LogP contribution >= 0.6 is 0 Å². The van der Waals surface area contributed by atoms with Crippen LogP contribution in [0.2, 0.25) is 0 Å². The summed E-state index contributed by atoms with van der Waals surface area (Å²) < 4.78 is 1.39. The smallest absolute Gasteiger partial charge is 0.251 e. The lowest BCUT2D eigenvalue weighted by Gasteiger charge is -1.93. The molecule has 1 amide bonds. The van der Waals surface area contributed by atoms with Crippen molar-refractivity contribution in [2.24, 2.45) is 5.73 Å². The fourth-order valence-electron chi connectivity index (χ4n) is 0.851. The molecule has 0 unspecified atom stereocenters. The zero-order valence-electron chi connectivity index (χ0n) is 6.01. The minimum absolute atomic E-state index is 0.313. The van der Waals surface area contributed by atoms with E-state index in [1.165, 1.54) is 23.1 Å². The fraction of sp³-hybridized carbons (Fsp3) is 0. The lowest BCUT2D eigenvalue weighted by molar-refractivity contribution is 0.0999. The van der Waals surface area contributed by atoms with Gasteiger partial charge in [0.25, 0.3) is 5.91 Å². The molecule has 2 aromatic heterocycles. The Morgan fingerprint density at radius 1 is 1.50 bits per heavy atom. The van der Waals surface area contributed by atoms with E-state index in [2.05, 4.69) is 15.3 Å². The second kappa shape index (κ2) is 2.26. The number of hydrogen-bond donors (Lipinski definition) is 1. The van der Waals surface area contributed by atoms with Gasteiger partial charge in [-0.25, -0.2) is 9.50 Å². The van der Waals surface area contributed by atoms with E-state index >= 15 is 0 Å². The maximum absolute atomic E-state index is 10.7. The van der Waals surface area contributed by atoms with Crippen LogP contribution in [0.1, 0.15) is 10.4 Å². The maximum atomic E-state index is 10.7. The van der Waals surface area contributed by atoms with Gasteiger partial charge >= 0.3 is 0 Å². The van der Waals surface area contributed by atoms with Crippen molar-refractivity contribution in [3.05, 3.63) is 24.2 Å². The summed E-state index contributed by atoms with van der Waals surface area (Å²) in [6, 6.07) is 0. The number of carbonyl (C=O) groups excluding carboxylic acids is 1. The van der Waals surface area contributed by atoms with Crippen molar-refractivity contribution in [3.63, 3.8) is 0 Å². The van der Waals surface area contributed by atoms with E-state index in [0.29, 0.717) is 11.2 Å². The predicted molar refractivity (Wildman–Crippen MR) is 39.3 cm³/mol. The summed E-state index contributed by atoms with van der Waals surface area (Å²) in [6.45, 7) is 0. The highest BCUT2D eigenvalue weighted by Crippen LogP contribution is 1.98. The van der Waals surface area contributed by atoms with Gasteiger partial charge < -0.3 is 5.73 Å². The Labute approximate surface area is 67.0 Å². The largest absolute Gasteiger partial charge is 0.366 e. The number of nitrogens with zero attached hydrogens (tertiary/aromatic N) is 4. The van der Waals surface area contributed by atoms with Crippen molar-refractivity contribution in [1.29, 1.82) is 0 Å². The average molecular weight is 163 g/mol. The first-order valence-electron chi connectivity index (χ1n) is 3.23. The van der Waals surface area contributed by atoms with Crippen LogP contribution in [0.25, 0.3) is 5.65 Å². The maximum Gasteiger partial charge on any atom is 0.251 e. The first kappa shape index (κ1) is 6.71. The van der Waals surface area contributed by atoms with Gasteiger partial charge in [-0.3, -0.25) is 4.79 Å². The van der Waals surface area contributed by atoms with Crippen LogP contribution in [0.3, 0.4) is 0 Å². The van der Waals surface area contributed by atoms with E-state index in [-0.39, 0.29) is 0 Å². The molecular weight excluding hydrogens is 158 g/mol. The number of nitrogens with two attached hydrogens (primary N) is 1. The highest BCUT2D eigenvalue weighted by molar-refractivity contribution is 5.92. The minimum Gasteiger partial charge on any atom is -0.366 e. The second-order valence-electron chi connectivity index (χ2n) is 2.24. The number of primary amides is 1. The summed E-state index contributed by atoms with van der Waals surface area (Å²) >= 11 is 0. The van der Waals surface area contributed by atoms with Crippen molar-refractivity contribution in [2.45, 2.75) is 0 Å². The molecule has 0 aliphatic heterocycles. The minimum atomic E-state index is -0.528. The molecule has 2 rings (SSSR count). The molecule has 0 radical (unpaired) electrons. The monoisotopic (exact) mass is 163 g/mol. The molecule has 2 aromatic rings. The van der Waals surface area contributed by atoms with Crippen molar-refractivity contribution < 1.29 is 4.79 Å². The zero-order chi connectivity index (χ0) is 8.55. The Balaban J connectivity index is 2.68. The molecule has 2 N–H and O–H groups in total. The van der Waals surface area contributed by atoms with Crippen molar-refractivity contribution >= 4 is 11.6 Å². The predicted octanol–water partition coefficient (Wildman–Crippen LogP) is -0.777. The molecule has 6 nitrogen and oxygen atoms in total. The molecule has 0 bridgehead atoms. The summed E-state index contributed by atoms with van der Waals surface area (Å²) in [5.74, 6) is -0.528.